The predicted octanol–water partition coefficient (Wildman–Crippen LogP) is 8.86. The lowest BCUT2D eigenvalue weighted by Gasteiger charge is -2.27. The second-order valence-corrected chi connectivity index (χ2v) is 12.6. The van der Waals surface area contributed by atoms with E-state index in [-0.39, 0.29) is 11.9 Å². The van der Waals surface area contributed by atoms with Crippen molar-refractivity contribution in [3.8, 4) is 0 Å². The van der Waals surface area contributed by atoms with E-state index in [2.05, 4.69) is 50.9 Å². The van der Waals surface area contributed by atoms with Crippen molar-refractivity contribution in [3.63, 3.8) is 0 Å². The lowest BCUT2D eigenvalue weighted by atomic mass is 9.79. The molecule has 0 aromatic carbocycles. The Kier molecular flexibility index (Phi) is 33.5. The summed E-state index contributed by atoms with van der Waals surface area (Å²) in [7, 11) is 4.08. The molecule has 1 fully saturated rings. The van der Waals surface area contributed by atoms with Gasteiger partial charge in [-0.1, -0.05) is 91.4 Å². The van der Waals surface area contributed by atoms with Crippen LogP contribution in [0.25, 0.3) is 0 Å². The molecule has 1 N–H and O–H groups in total. The van der Waals surface area contributed by atoms with Gasteiger partial charge in [-0.3, -0.25) is 4.79 Å². The highest BCUT2D eigenvalue weighted by atomic mass is 32.1. The lowest BCUT2D eigenvalue weighted by Crippen LogP contribution is -2.24. The summed E-state index contributed by atoms with van der Waals surface area (Å²) >= 11 is 7.94. The molecule has 0 unspecified atom stereocenters. The van der Waals surface area contributed by atoms with E-state index in [0.717, 1.165) is 55.6 Å². The molecule has 0 aromatic heterocycles. The topological polar surface area (TPSA) is 49.8 Å². The molecule has 38 heavy (non-hydrogen) atoms. The van der Waals surface area contributed by atoms with Crippen molar-refractivity contribution >= 4 is 31.2 Å². The van der Waals surface area contributed by atoms with Gasteiger partial charge in [0.2, 0.25) is 0 Å². The van der Waals surface area contributed by atoms with Gasteiger partial charge in [-0.25, -0.2) is 0 Å². The Labute approximate surface area is 249 Å². The molecule has 0 spiro atoms. The molecular weight excluding hydrogens is 510 g/mol. The summed E-state index contributed by atoms with van der Waals surface area (Å²) in [4.78, 5) is 14.4. The van der Waals surface area contributed by atoms with Crippen LogP contribution in [-0.4, -0.2) is 61.3 Å². The minimum absolute atomic E-state index is 0.0727. The highest BCUT2D eigenvalue weighted by Gasteiger charge is 2.27. The van der Waals surface area contributed by atoms with Gasteiger partial charge in [0.05, 0.1) is 12.5 Å². The number of nitrogens with zero attached hydrogens (tertiary/aromatic N) is 1. The van der Waals surface area contributed by atoms with Gasteiger partial charge in [-0.15, -0.1) is 0 Å². The van der Waals surface area contributed by atoms with Crippen molar-refractivity contribution in [2.24, 2.45) is 17.8 Å². The van der Waals surface area contributed by atoms with Crippen LogP contribution in [0.4, 0.5) is 0 Å². The normalized spacial score (nSPS) is 17.0. The number of aliphatic hydroxyl groups excluding tert-OH is 1. The molecule has 1 aliphatic carbocycles. The SMILES string of the molecule is CC(C)CCCC1CCC(C(=O)OCCCCCCCCCCCCO)CC1.CCCS.CN(C)CCS. The zero-order chi connectivity index (χ0) is 28.9. The third-order valence-electron chi connectivity index (χ3n) is 7.14. The molecule has 230 valence electrons. The van der Waals surface area contributed by atoms with Crippen LogP contribution in [0, 0.1) is 17.8 Å². The molecular formula is C32H67NO3S2. The molecule has 1 rings (SSSR count). The quantitative estimate of drug-likeness (QED) is 0.0768. The van der Waals surface area contributed by atoms with Crippen LogP contribution in [0.1, 0.15) is 136 Å². The number of hydrogen-bond donors (Lipinski definition) is 3. The summed E-state index contributed by atoms with van der Waals surface area (Å²) in [5.41, 5.74) is 0. The average Bonchev–Trinajstić information content (AvgIpc) is 2.90. The van der Waals surface area contributed by atoms with E-state index in [1.165, 1.54) is 89.9 Å². The molecule has 6 heteroatoms. The largest absolute Gasteiger partial charge is 0.465 e. The zero-order valence-electron chi connectivity index (χ0n) is 26.1. The Bertz CT molecular complexity index is 468. The molecule has 0 amide bonds. The Morgan fingerprint density at radius 2 is 1.34 bits per heavy atom. The number of hydrogen-bond acceptors (Lipinski definition) is 6. The number of esters is 1. The first-order valence-electron chi connectivity index (χ1n) is 16.0. The van der Waals surface area contributed by atoms with Crippen LogP contribution in [0.15, 0.2) is 0 Å². The van der Waals surface area contributed by atoms with E-state index in [0.29, 0.717) is 13.2 Å². The van der Waals surface area contributed by atoms with E-state index in [9.17, 15) is 4.79 Å². The molecule has 0 atom stereocenters. The van der Waals surface area contributed by atoms with Crippen molar-refractivity contribution in [1.82, 2.24) is 4.90 Å². The summed E-state index contributed by atoms with van der Waals surface area (Å²) < 4.78 is 5.55. The first-order valence-corrected chi connectivity index (χ1v) is 17.2. The number of aliphatic hydroxyl groups is 1. The molecule has 0 heterocycles. The van der Waals surface area contributed by atoms with Gasteiger partial charge in [0, 0.05) is 18.9 Å². The van der Waals surface area contributed by atoms with E-state index >= 15 is 0 Å². The standard InChI is InChI=1S/C25H48O3.C4H11NS.C3H8S/c1-22(2)14-13-15-23-16-18-24(19-17-23)25(27)28-21-12-10-8-6-4-3-5-7-9-11-20-26;1-5(2)3-4-6;1-2-3-4/h22-24,26H,3-21H2,1-2H3;6H,3-4H2,1-2H3;4H,2-3H2,1H3. The van der Waals surface area contributed by atoms with E-state index in [4.69, 9.17) is 9.84 Å². The summed E-state index contributed by atoms with van der Waals surface area (Å²) in [5.74, 6) is 3.87. The number of unbranched alkanes of at least 4 members (excludes halogenated alkanes) is 9. The number of carbonyl (C=O) groups excluding carboxylic acids is 1. The minimum atomic E-state index is 0.0727. The maximum atomic E-state index is 12.3. The smallest absolute Gasteiger partial charge is 0.308 e. The van der Waals surface area contributed by atoms with Gasteiger partial charge in [0.1, 0.15) is 0 Å². The third-order valence-corrected chi connectivity index (χ3v) is 7.79. The second-order valence-electron chi connectivity index (χ2n) is 11.7. The Hall–Kier alpha value is 0.0900. The highest BCUT2D eigenvalue weighted by molar-refractivity contribution is 7.80. The summed E-state index contributed by atoms with van der Waals surface area (Å²) in [6.45, 7) is 8.74. The van der Waals surface area contributed by atoms with Crippen molar-refractivity contribution in [3.05, 3.63) is 0 Å². The van der Waals surface area contributed by atoms with Gasteiger partial charge in [0.15, 0.2) is 0 Å². The minimum Gasteiger partial charge on any atom is -0.465 e. The van der Waals surface area contributed by atoms with E-state index in [1.54, 1.807) is 0 Å². The van der Waals surface area contributed by atoms with Gasteiger partial charge < -0.3 is 14.7 Å². The summed E-state index contributed by atoms with van der Waals surface area (Å²) in [6, 6.07) is 0. The van der Waals surface area contributed by atoms with Crippen LogP contribution in [0.3, 0.4) is 0 Å². The van der Waals surface area contributed by atoms with Crippen molar-refractivity contribution < 1.29 is 14.6 Å². The molecule has 0 radical (unpaired) electrons. The predicted molar refractivity (Wildman–Crippen MR) is 175 cm³/mol. The fraction of sp³-hybridized carbons (Fsp3) is 0.969. The summed E-state index contributed by atoms with van der Waals surface area (Å²) in [5, 5.41) is 8.74. The van der Waals surface area contributed by atoms with Gasteiger partial charge in [-0.05, 0) is 76.6 Å². The monoisotopic (exact) mass is 577 g/mol. The number of carbonyl (C=O) groups is 1. The molecule has 4 nitrogen and oxygen atoms in total. The molecule has 0 aliphatic heterocycles. The lowest BCUT2D eigenvalue weighted by molar-refractivity contribution is -0.150. The molecule has 0 aromatic rings. The van der Waals surface area contributed by atoms with Crippen molar-refractivity contribution in [1.29, 1.82) is 0 Å². The molecule has 0 bridgehead atoms. The van der Waals surface area contributed by atoms with Crippen LogP contribution in [0.2, 0.25) is 0 Å². The van der Waals surface area contributed by atoms with Crippen LogP contribution in [0.5, 0.6) is 0 Å². The van der Waals surface area contributed by atoms with Crippen LogP contribution in [-0.2, 0) is 9.53 Å². The third kappa shape index (κ3) is 30.6. The molecule has 1 aliphatic rings. The van der Waals surface area contributed by atoms with E-state index < -0.39 is 0 Å². The first kappa shape index (κ1) is 40.2. The molecule has 0 saturated heterocycles. The number of rotatable bonds is 20. The Balaban J connectivity index is 0. The van der Waals surface area contributed by atoms with Gasteiger partial charge in [0.25, 0.3) is 0 Å². The number of thiol groups is 2. The highest BCUT2D eigenvalue weighted by Crippen LogP contribution is 2.33. The zero-order valence-corrected chi connectivity index (χ0v) is 27.9. The Morgan fingerprint density at radius 3 is 1.74 bits per heavy atom. The van der Waals surface area contributed by atoms with Crippen LogP contribution < -0.4 is 0 Å². The van der Waals surface area contributed by atoms with Crippen LogP contribution >= 0.6 is 25.3 Å². The fourth-order valence-corrected chi connectivity index (χ4v) is 5.02. The maximum Gasteiger partial charge on any atom is 0.308 e. The molecule has 1 saturated carbocycles. The Morgan fingerprint density at radius 1 is 0.842 bits per heavy atom. The first-order chi connectivity index (χ1) is 18.3. The van der Waals surface area contributed by atoms with Gasteiger partial charge >= 0.3 is 5.97 Å². The van der Waals surface area contributed by atoms with Crippen molar-refractivity contribution in [2.45, 2.75) is 136 Å². The second kappa shape index (κ2) is 31.6. The maximum absolute atomic E-state index is 12.3. The fourth-order valence-electron chi connectivity index (χ4n) is 4.62. The number of ether oxygens (including phenoxy) is 1. The average molecular weight is 578 g/mol. The van der Waals surface area contributed by atoms with E-state index in [1.807, 2.05) is 14.1 Å². The summed E-state index contributed by atoms with van der Waals surface area (Å²) in [6.07, 6.45) is 21.8. The van der Waals surface area contributed by atoms with Gasteiger partial charge in [-0.2, -0.15) is 25.3 Å². The van der Waals surface area contributed by atoms with Crippen molar-refractivity contribution in [2.75, 3.05) is 45.4 Å².